The maximum Gasteiger partial charge on any atom is 0.342 e. The van der Waals surface area contributed by atoms with Gasteiger partial charge in [0.05, 0.1) is 32.7 Å². The Morgan fingerprint density at radius 3 is 2.31 bits per heavy atom. The van der Waals surface area contributed by atoms with Gasteiger partial charge in [-0.1, -0.05) is 30.3 Å². The SMILES string of the molecule is COc1ccc(OC)c(NC(=O)COC(=O)c2cn(-c3ccccc3)nc2-c2ccccc2OC)c1. The summed E-state index contributed by atoms with van der Waals surface area (Å²) in [5, 5.41) is 7.30. The summed E-state index contributed by atoms with van der Waals surface area (Å²) in [7, 11) is 4.55. The van der Waals surface area contributed by atoms with Gasteiger partial charge in [0.15, 0.2) is 6.61 Å². The lowest BCUT2D eigenvalue weighted by Crippen LogP contribution is -2.21. The first-order valence-electron chi connectivity index (χ1n) is 11.0. The van der Waals surface area contributed by atoms with E-state index in [9.17, 15) is 9.59 Å². The lowest BCUT2D eigenvalue weighted by Gasteiger charge is -2.12. The third-order valence-corrected chi connectivity index (χ3v) is 5.33. The second-order valence-electron chi connectivity index (χ2n) is 7.56. The largest absolute Gasteiger partial charge is 0.497 e. The first-order valence-corrected chi connectivity index (χ1v) is 11.0. The zero-order chi connectivity index (χ0) is 25.5. The van der Waals surface area contributed by atoms with E-state index >= 15 is 0 Å². The Hall–Kier alpha value is -4.79. The van der Waals surface area contributed by atoms with Gasteiger partial charge in [-0.2, -0.15) is 5.10 Å². The van der Waals surface area contributed by atoms with Crippen molar-refractivity contribution in [2.24, 2.45) is 0 Å². The Morgan fingerprint density at radius 2 is 1.58 bits per heavy atom. The number of nitrogens with one attached hydrogen (secondary N) is 1. The number of esters is 1. The molecule has 0 fully saturated rings. The van der Waals surface area contributed by atoms with Crippen LogP contribution in [0.25, 0.3) is 16.9 Å². The molecule has 0 unspecified atom stereocenters. The van der Waals surface area contributed by atoms with Crippen LogP contribution in [-0.2, 0) is 9.53 Å². The fourth-order valence-electron chi connectivity index (χ4n) is 3.58. The smallest absolute Gasteiger partial charge is 0.342 e. The number of benzene rings is 3. The molecule has 184 valence electrons. The third kappa shape index (κ3) is 5.30. The molecular formula is C27H25N3O6. The van der Waals surface area contributed by atoms with E-state index in [0.717, 1.165) is 5.69 Å². The summed E-state index contributed by atoms with van der Waals surface area (Å²) >= 11 is 0. The standard InChI is InChI=1S/C27H25N3O6/c1-33-19-13-14-24(35-3)22(15-19)28-25(31)17-36-27(32)21-16-30(18-9-5-4-6-10-18)29-26(21)20-11-7-8-12-23(20)34-2/h4-16H,17H2,1-3H3,(H,28,31). The van der Waals surface area contributed by atoms with Gasteiger partial charge in [-0.05, 0) is 36.4 Å². The number of methoxy groups -OCH3 is 3. The fourth-order valence-corrected chi connectivity index (χ4v) is 3.58. The molecule has 36 heavy (non-hydrogen) atoms. The third-order valence-electron chi connectivity index (χ3n) is 5.33. The lowest BCUT2D eigenvalue weighted by atomic mass is 10.1. The van der Waals surface area contributed by atoms with Gasteiger partial charge >= 0.3 is 5.97 Å². The summed E-state index contributed by atoms with van der Waals surface area (Å²) in [5.41, 5.74) is 2.33. The van der Waals surface area contributed by atoms with Gasteiger partial charge in [0, 0.05) is 17.8 Å². The van der Waals surface area contributed by atoms with Gasteiger partial charge in [-0.15, -0.1) is 0 Å². The molecule has 0 spiro atoms. The maximum atomic E-state index is 13.1. The molecule has 9 heteroatoms. The quantitative estimate of drug-likeness (QED) is 0.350. The van der Waals surface area contributed by atoms with Crippen molar-refractivity contribution in [3.8, 4) is 34.2 Å². The molecule has 0 aliphatic heterocycles. The number of para-hydroxylation sites is 2. The molecule has 0 saturated carbocycles. The van der Waals surface area contributed by atoms with Crippen molar-refractivity contribution in [2.75, 3.05) is 33.3 Å². The average molecular weight is 488 g/mol. The van der Waals surface area contributed by atoms with E-state index in [1.165, 1.54) is 14.2 Å². The van der Waals surface area contributed by atoms with Gasteiger partial charge in [-0.3, -0.25) is 4.79 Å². The summed E-state index contributed by atoms with van der Waals surface area (Å²) in [6, 6.07) is 21.6. The van der Waals surface area contributed by atoms with Crippen LogP contribution in [0.3, 0.4) is 0 Å². The summed E-state index contributed by atoms with van der Waals surface area (Å²) in [4.78, 5) is 25.7. The minimum absolute atomic E-state index is 0.190. The molecule has 0 aliphatic carbocycles. The Balaban J connectivity index is 1.58. The number of amides is 1. The Bertz CT molecular complexity index is 1370. The fraction of sp³-hybridized carbons (Fsp3) is 0.148. The van der Waals surface area contributed by atoms with Gasteiger partial charge < -0.3 is 24.3 Å². The number of rotatable bonds is 9. The van der Waals surface area contributed by atoms with Crippen molar-refractivity contribution < 1.29 is 28.5 Å². The van der Waals surface area contributed by atoms with Crippen LogP contribution in [0.1, 0.15) is 10.4 Å². The van der Waals surface area contributed by atoms with E-state index < -0.39 is 18.5 Å². The monoisotopic (exact) mass is 487 g/mol. The Labute approximate surface area is 208 Å². The van der Waals surface area contributed by atoms with Crippen LogP contribution in [0.2, 0.25) is 0 Å². The minimum Gasteiger partial charge on any atom is -0.497 e. The van der Waals surface area contributed by atoms with Crippen LogP contribution in [0, 0.1) is 0 Å². The van der Waals surface area contributed by atoms with E-state index in [1.54, 1.807) is 48.3 Å². The van der Waals surface area contributed by atoms with Crippen LogP contribution >= 0.6 is 0 Å². The van der Waals surface area contributed by atoms with E-state index in [4.69, 9.17) is 18.9 Å². The Kier molecular flexibility index (Phi) is 7.50. The average Bonchev–Trinajstić information content (AvgIpc) is 3.37. The topological polar surface area (TPSA) is 101 Å². The van der Waals surface area contributed by atoms with Gasteiger partial charge in [0.25, 0.3) is 5.91 Å². The molecule has 0 radical (unpaired) electrons. The van der Waals surface area contributed by atoms with Crippen molar-refractivity contribution in [3.05, 3.63) is 84.6 Å². The zero-order valence-corrected chi connectivity index (χ0v) is 20.1. The van der Waals surface area contributed by atoms with E-state index in [2.05, 4.69) is 10.4 Å². The van der Waals surface area contributed by atoms with E-state index in [1.807, 2.05) is 42.5 Å². The molecule has 0 aliphatic rings. The first kappa shape index (κ1) is 24.3. The normalized spacial score (nSPS) is 10.4. The lowest BCUT2D eigenvalue weighted by molar-refractivity contribution is -0.119. The molecule has 9 nitrogen and oxygen atoms in total. The molecule has 1 N–H and O–H groups in total. The van der Waals surface area contributed by atoms with Gasteiger partial charge in [-0.25, -0.2) is 9.48 Å². The van der Waals surface area contributed by atoms with Crippen molar-refractivity contribution in [1.29, 1.82) is 0 Å². The van der Waals surface area contributed by atoms with E-state index in [0.29, 0.717) is 34.2 Å². The second-order valence-corrected chi connectivity index (χ2v) is 7.56. The summed E-state index contributed by atoms with van der Waals surface area (Å²) in [5.74, 6) is 0.290. The van der Waals surface area contributed by atoms with Gasteiger partial charge in [0.1, 0.15) is 28.5 Å². The van der Waals surface area contributed by atoms with Crippen molar-refractivity contribution in [3.63, 3.8) is 0 Å². The highest BCUT2D eigenvalue weighted by Crippen LogP contribution is 2.32. The number of hydrogen-bond acceptors (Lipinski definition) is 7. The molecule has 4 rings (SSSR count). The van der Waals surface area contributed by atoms with Crippen LogP contribution in [0.5, 0.6) is 17.2 Å². The molecule has 0 saturated heterocycles. The summed E-state index contributed by atoms with van der Waals surface area (Å²) in [6.45, 7) is -0.513. The van der Waals surface area contributed by atoms with Crippen molar-refractivity contribution in [1.82, 2.24) is 9.78 Å². The molecule has 3 aromatic carbocycles. The molecular weight excluding hydrogens is 462 g/mol. The minimum atomic E-state index is -0.703. The van der Waals surface area contributed by atoms with Crippen molar-refractivity contribution in [2.45, 2.75) is 0 Å². The maximum absolute atomic E-state index is 13.1. The zero-order valence-electron chi connectivity index (χ0n) is 20.1. The number of aromatic nitrogens is 2. The molecule has 0 atom stereocenters. The molecule has 1 amide bonds. The number of ether oxygens (including phenoxy) is 4. The van der Waals surface area contributed by atoms with E-state index in [-0.39, 0.29) is 5.56 Å². The molecule has 4 aromatic rings. The van der Waals surface area contributed by atoms with Crippen LogP contribution in [-0.4, -0.2) is 49.6 Å². The highest BCUT2D eigenvalue weighted by atomic mass is 16.5. The summed E-state index contributed by atoms with van der Waals surface area (Å²) < 4.78 is 22.9. The first-order chi connectivity index (χ1) is 17.5. The van der Waals surface area contributed by atoms with Gasteiger partial charge in [0.2, 0.25) is 0 Å². The number of hydrogen-bond donors (Lipinski definition) is 1. The number of carbonyl (C=O) groups is 2. The predicted molar refractivity (Wildman–Crippen MR) is 134 cm³/mol. The Morgan fingerprint density at radius 1 is 0.861 bits per heavy atom. The molecule has 1 aromatic heterocycles. The number of nitrogens with zero attached hydrogens (tertiary/aromatic N) is 2. The second kappa shape index (κ2) is 11.1. The molecule has 1 heterocycles. The van der Waals surface area contributed by atoms with Crippen molar-refractivity contribution >= 4 is 17.6 Å². The molecule has 0 bridgehead atoms. The number of carbonyl (C=O) groups excluding carboxylic acids is 2. The highest BCUT2D eigenvalue weighted by Gasteiger charge is 2.23. The highest BCUT2D eigenvalue weighted by molar-refractivity contribution is 5.99. The van der Waals surface area contributed by atoms with Crippen LogP contribution in [0.15, 0.2) is 79.0 Å². The summed E-state index contributed by atoms with van der Waals surface area (Å²) in [6.07, 6.45) is 1.57. The van der Waals surface area contributed by atoms with Crippen LogP contribution in [0.4, 0.5) is 5.69 Å². The van der Waals surface area contributed by atoms with Crippen LogP contribution < -0.4 is 19.5 Å². The predicted octanol–water partition coefficient (Wildman–Crippen LogP) is 4.36. The number of anilines is 1.